The second-order valence-electron chi connectivity index (χ2n) is 4.22. The lowest BCUT2D eigenvalue weighted by molar-refractivity contribution is -0.121. The van der Waals surface area contributed by atoms with Gasteiger partial charge in [0.15, 0.2) is 0 Å². The third-order valence-corrected chi connectivity index (χ3v) is 2.24. The number of methoxy groups -OCH3 is 1. The predicted molar refractivity (Wildman–Crippen MR) is 64.3 cm³/mol. The monoisotopic (exact) mass is 221 g/mol. The van der Waals surface area contributed by atoms with Crippen molar-refractivity contribution in [1.82, 2.24) is 5.32 Å². The van der Waals surface area contributed by atoms with Crippen LogP contribution >= 0.6 is 0 Å². The molecule has 0 heterocycles. The number of carbonyl (C=O) groups is 1. The lowest BCUT2D eigenvalue weighted by atomic mass is 10.1. The minimum Gasteiger partial charge on any atom is -0.497 e. The van der Waals surface area contributed by atoms with E-state index in [1.165, 1.54) is 0 Å². The smallest absolute Gasteiger partial charge is 0.220 e. The maximum atomic E-state index is 11.4. The Bertz CT molecular complexity index is 330. The van der Waals surface area contributed by atoms with Gasteiger partial charge >= 0.3 is 0 Å². The maximum Gasteiger partial charge on any atom is 0.220 e. The van der Waals surface area contributed by atoms with Crippen LogP contribution in [0.5, 0.6) is 5.75 Å². The van der Waals surface area contributed by atoms with Gasteiger partial charge in [-0.3, -0.25) is 4.79 Å². The number of ether oxygens (including phenoxy) is 1. The molecule has 0 fully saturated rings. The second kappa shape index (κ2) is 6.16. The van der Waals surface area contributed by atoms with Crippen molar-refractivity contribution >= 4 is 5.91 Å². The molecule has 1 N–H and O–H groups in total. The second-order valence-corrected chi connectivity index (χ2v) is 4.22. The van der Waals surface area contributed by atoms with Crippen molar-refractivity contribution in [1.29, 1.82) is 0 Å². The van der Waals surface area contributed by atoms with Crippen molar-refractivity contribution < 1.29 is 9.53 Å². The summed E-state index contributed by atoms with van der Waals surface area (Å²) in [5, 5.41) is 2.89. The van der Waals surface area contributed by atoms with Crippen LogP contribution in [0.3, 0.4) is 0 Å². The number of benzene rings is 1. The van der Waals surface area contributed by atoms with Crippen LogP contribution in [0.15, 0.2) is 24.3 Å². The fourth-order valence-corrected chi connectivity index (χ4v) is 1.39. The van der Waals surface area contributed by atoms with Crippen LogP contribution in [0.4, 0.5) is 0 Å². The summed E-state index contributed by atoms with van der Waals surface area (Å²) in [5.41, 5.74) is 1.08. The summed E-state index contributed by atoms with van der Waals surface area (Å²) in [6.45, 7) is 4.65. The van der Waals surface area contributed by atoms with Crippen molar-refractivity contribution in [2.24, 2.45) is 5.92 Å². The Morgan fingerprint density at radius 2 is 1.94 bits per heavy atom. The van der Waals surface area contributed by atoms with E-state index in [2.05, 4.69) is 5.32 Å². The van der Waals surface area contributed by atoms with Gasteiger partial charge in [0.25, 0.3) is 0 Å². The number of nitrogens with one attached hydrogen (secondary N) is 1. The standard InChI is InChI=1S/C13H19NO2/c1-10(2)8-13(15)14-9-11-4-6-12(16-3)7-5-11/h4-7,10H,8-9H2,1-3H3,(H,14,15). The minimum absolute atomic E-state index is 0.103. The van der Waals surface area contributed by atoms with E-state index in [0.29, 0.717) is 18.9 Å². The first-order valence-electron chi connectivity index (χ1n) is 5.51. The highest BCUT2D eigenvalue weighted by Gasteiger charge is 2.03. The van der Waals surface area contributed by atoms with Crippen LogP contribution in [-0.2, 0) is 11.3 Å². The van der Waals surface area contributed by atoms with Crippen molar-refractivity contribution in [2.75, 3.05) is 7.11 Å². The van der Waals surface area contributed by atoms with E-state index in [1.54, 1.807) is 7.11 Å². The van der Waals surface area contributed by atoms with Gasteiger partial charge in [-0.2, -0.15) is 0 Å². The highest BCUT2D eigenvalue weighted by molar-refractivity contribution is 5.76. The third-order valence-electron chi connectivity index (χ3n) is 2.24. The first-order valence-corrected chi connectivity index (χ1v) is 5.51. The zero-order valence-corrected chi connectivity index (χ0v) is 10.1. The van der Waals surface area contributed by atoms with Gasteiger partial charge in [0.1, 0.15) is 5.75 Å². The molecule has 0 saturated carbocycles. The molecule has 0 aromatic heterocycles. The fourth-order valence-electron chi connectivity index (χ4n) is 1.39. The SMILES string of the molecule is COc1ccc(CNC(=O)CC(C)C)cc1. The van der Waals surface area contributed by atoms with E-state index in [4.69, 9.17) is 4.74 Å². The molecule has 1 rings (SSSR count). The highest BCUT2D eigenvalue weighted by atomic mass is 16.5. The van der Waals surface area contributed by atoms with Gasteiger partial charge in [0, 0.05) is 13.0 Å². The van der Waals surface area contributed by atoms with Gasteiger partial charge in [-0.15, -0.1) is 0 Å². The molecule has 0 aliphatic rings. The lowest BCUT2D eigenvalue weighted by Crippen LogP contribution is -2.23. The Morgan fingerprint density at radius 3 is 2.44 bits per heavy atom. The summed E-state index contributed by atoms with van der Waals surface area (Å²) in [4.78, 5) is 11.4. The lowest BCUT2D eigenvalue weighted by Gasteiger charge is -2.07. The van der Waals surface area contributed by atoms with Crippen LogP contribution in [0.1, 0.15) is 25.8 Å². The topological polar surface area (TPSA) is 38.3 Å². The number of rotatable bonds is 5. The summed E-state index contributed by atoms with van der Waals surface area (Å²) in [6, 6.07) is 7.69. The van der Waals surface area contributed by atoms with Crippen molar-refractivity contribution in [3.05, 3.63) is 29.8 Å². The maximum absolute atomic E-state index is 11.4. The van der Waals surface area contributed by atoms with Crippen molar-refractivity contribution in [3.63, 3.8) is 0 Å². The van der Waals surface area contributed by atoms with Crippen molar-refractivity contribution in [3.8, 4) is 5.75 Å². The van der Waals surface area contributed by atoms with Gasteiger partial charge in [-0.1, -0.05) is 26.0 Å². The largest absolute Gasteiger partial charge is 0.497 e. The molecular formula is C13H19NO2. The summed E-state index contributed by atoms with van der Waals surface area (Å²) in [6.07, 6.45) is 0.580. The molecule has 0 aliphatic heterocycles. The van der Waals surface area contributed by atoms with E-state index in [1.807, 2.05) is 38.1 Å². The molecule has 1 aromatic carbocycles. The number of hydrogen-bond acceptors (Lipinski definition) is 2. The van der Waals surface area contributed by atoms with E-state index in [0.717, 1.165) is 11.3 Å². The quantitative estimate of drug-likeness (QED) is 0.829. The van der Waals surface area contributed by atoms with Crippen LogP contribution in [-0.4, -0.2) is 13.0 Å². The Hall–Kier alpha value is -1.51. The molecule has 0 unspecified atom stereocenters. The van der Waals surface area contributed by atoms with Crippen LogP contribution in [0.2, 0.25) is 0 Å². The first kappa shape index (κ1) is 12.6. The highest BCUT2D eigenvalue weighted by Crippen LogP contribution is 2.11. The fraction of sp³-hybridized carbons (Fsp3) is 0.462. The third kappa shape index (κ3) is 4.34. The van der Waals surface area contributed by atoms with Crippen molar-refractivity contribution in [2.45, 2.75) is 26.8 Å². The molecule has 0 spiro atoms. The average molecular weight is 221 g/mol. The molecule has 16 heavy (non-hydrogen) atoms. The number of hydrogen-bond donors (Lipinski definition) is 1. The summed E-state index contributed by atoms with van der Waals surface area (Å²) in [5.74, 6) is 1.33. The molecule has 88 valence electrons. The Morgan fingerprint density at radius 1 is 1.31 bits per heavy atom. The van der Waals surface area contributed by atoms with Crippen LogP contribution in [0, 0.1) is 5.92 Å². The number of amides is 1. The molecule has 0 aliphatic carbocycles. The van der Waals surface area contributed by atoms with Gasteiger partial charge in [-0.05, 0) is 23.6 Å². The normalized spacial score (nSPS) is 10.2. The van der Waals surface area contributed by atoms with Gasteiger partial charge in [0.05, 0.1) is 7.11 Å². The Balaban J connectivity index is 2.39. The van der Waals surface area contributed by atoms with E-state index in [9.17, 15) is 4.79 Å². The molecule has 0 bridgehead atoms. The predicted octanol–water partition coefficient (Wildman–Crippen LogP) is 2.36. The number of carbonyl (C=O) groups excluding carboxylic acids is 1. The molecule has 0 radical (unpaired) electrons. The Kier molecular flexibility index (Phi) is 4.83. The molecule has 0 atom stereocenters. The van der Waals surface area contributed by atoms with Gasteiger partial charge in [0.2, 0.25) is 5.91 Å². The average Bonchev–Trinajstić information content (AvgIpc) is 2.26. The van der Waals surface area contributed by atoms with Gasteiger partial charge < -0.3 is 10.1 Å². The summed E-state index contributed by atoms with van der Waals surface area (Å²) < 4.78 is 5.06. The van der Waals surface area contributed by atoms with E-state index >= 15 is 0 Å². The molecule has 3 nitrogen and oxygen atoms in total. The van der Waals surface area contributed by atoms with E-state index < -0.39 is 0 Å². The summed E-state index contributed by atoms with van der Waals surface area (Å²) >= 11 is 0. The molecule has 1 aromatic rings. The van der Waals surface area contributed by atoms with Crippen LogP contribution < -0.4 is 10.1 Å². The zero-order valence-electron chi connectivity index (χ0n) is 10.1. The van der Waals surface area contributed by atoms with Crippen LogP contribution in [0.25, 0.3) is 0 Å². The first-order chi connectivity index (χ1) is 7.61. The molecular weight excluding hydrogens is 202 g/mol. The van der Waals surface area contributed by atoms with E-state index in [-0.39, 0.29) is 5.91 Å². The van der Waals surface area contributed by atoms with Gasteiger partial charge in [-0.25, -0.2) is 0 Å². The summed E-state index contributed by atoms with van der Waals surface area (Å²) in [7, 11) is 1.64. The molecule has 0 saturated heterocycles. The zero-order chi connectivity index (χ0) is 12.0. The molecule has 3 heteroatoms. The Labute approximate surface area is 96.8 Å². The molecule has 1 amide bonds. The minimum atomic E-state index is 0.103.